The minimum absolute atomic E-state index is 0.00639. The molecule has 1 amide bonds. The molecule has 1 saturated heterocycles. The minimum Gasteiger partial charge on any atom is -0.364 e. The normalized spacial score (nSPS) is 24.6. The fraction of sp³-hybridized carbons (Fsp3) is 0.667. The van der Waals surface area contributed by atoms with Gasteiger partial charge in [0.15, 0.2) is 0 Å². The van der Waals surface area contributed by atoms with Crippen LogP contribution in [0.15, 0.2) is 0 Å². The molecule has 0 bridgehead atoms. The molecule has 7 heteroatoms. The first-order valence-corrected chi connectivity index (χ1v) is 5.97. The molecule has 0 unspecified atom stereocenters. The number of amides is 1. The predicted octanol–water partition coefficient (Wildman–Crippen LogP) is 0.291. The third kappa shape index (κ3) is 2.55. The lowest BCUT2D eigenvalue weighted by Gasteiger charge is -2.10. The molecule has 2 heterocycles. The van der Waals surface area contributed by atoms with Gasteiger partial charge < -0.3 is 10.5 Å². The fourth-order valence-electron chi connectivity index (χ4n) is 1.60. The Morgan fingerprint density at radius 2 is 2.44 bits per heavy atom. The number of nitrogens with one attached hydrogen (secondary N) is 1. The van der Waals surface area contributed by atoms with Gasteiger partial charge in [-0.15, -0.1) is 10.2 Å². The van der Waals surface area contributed by atoms with Crippen LogP contribution in [0.2, 0.25) is 0 Å². The molecule has 1 aliphatic heterocycles. The van der Waals surface area contributed by atoms with Gasteiger partial charge in [0.05, 0.1) is 6.10 Å². The van der Waals surface area contributed by atoms with Gasteiger partial charge in [0, 0.05) is 6.54 Å². The average Bonchev–Trinajstić information content (AvgIpc) is 2.87. The summed E-state index contributed by atoms with van der Waals surface area (Å²) in [6, 6.07) is 0. The number of hydrogen-bond acceptors (Lipinski definition) is 6. The van der Waals surface area contributed by atoms with Crippen LogP contribution in [0.5, 0.6) is 0 Å². The van der Waals surface area contributed by atoms with Crippen LogP contribution < -0.4 is 11.1 Å². The van der Waals surface area contributed by atoms with Crippen LogP contribution in [0.25, 0.3) is 0 Å². The monoisotopic (exact) mass is 242 g/mol. The maximum Gasteiger partial charge on any atom is 0.255 e. The second-order valence-electron chi connectivity index (χ2n) is 3.68. The molecule has 6 nitrogen and oxygen atoms in total. The Morgan fingerprint density at radius 3 is 3.00 bits per heavy atom. The fourth-order valence-corrected chi connectivity index (χ4v) is 2.20. The first-order valence-electron chi connectivity index (χ1n) is 5.15. The lowest BCUT2D eigenvalue weighted by Crippen LogP contribution is -2.29. The summed E-state index contributed by atoms with van der Waals surface area (Å²) in [7, 11) is 0. The lowest BCUT2D eigenvalue weighted by molar-refractivity contribution is -0.126. The highest BCUT2D eigenvalue weighted by atomic mass is 32.1. The standard InChI is InChI=1S/C9H14N4O2S/c1-5-12-13-9(16-5)11-8(14)7-3-2-6(4-10)15-7/h6-7H,2-4,10H2,1H3,(H,11,13,14)/t6-,7+/m1/s1. The summed E-state index contributed by atoms with van der Waals surface area (Å²) in [6.07, 6.45) is 1.15. The second kappa shape index (κ2) is 4.86. The second-order valence-corrected chi connectivity index (χ2v) is 4.86. The van der Waals surface area contributed by atoms with Crippen LogP contribution in [0.3, 0.4) is 0 Å². The van der Waals surface area contributed by atoms with E-state index in [1.807, 2.05) is 6.92 Å². The number of anilines is 1. The highest BCUT2D eigenvalue weighted by Crippen LogP contribution is 2.21. The minimum atomic E-state index is -0.405. The van der Waals surface area contributed by atoms with Crippen LogP contribution in [0.4, 0.5) is 5.13 Å². The van der Waals surface area contributed by atoms with Gasteiger partial charge in [-0.2, -0.15) is 0 Å². The number of nitrogens with zero attached hydrogens (tertiary/aromatic N) is 2. The maximum atomic E-state index is 11.7. The van der Waals surface area contributed by atoms with E-state index >= 15 is 0 Å². The molecule has 1 aliphatic rings. The number of hydrogen-bond donors (Lipinski definition) is 2. The Kier molecular flexibility index (Phi) is 3.47. The Morgan fingerprint density at radius 1 is 1.62 bits per heavy atom. The van der Waals surface area contributed by atoms with Gasteiger partial charge in [-0.3, -0.25) is 10.1 Å². The van der Waals surface area contributed by atoms with E-state index in [2.05, 4.69) is 15.5 Å². The number of carbonyl (C=O) groups excluding carboxylic acids is 1. The van der Waals surface area contributed by atoms with E-state index in [1.165, 1.54) is 11.3 Å². The molecule has 0 aromatic carbocycles. The summed E-state index contributed by atoms with van der Waals surface area (Å²) in [6.45, 7) is 2.30. The number of rotatable bonds is 3. The van der Waals surface area contributed by atoms with E-state index in [9.17, 15) is 4.79 Å². The molecule has 1 aromatic rings. The maximum absolute atomic E-state index is 11.7. The van der Waals surface area contributed by atoms with E-state index in [1.54, 1.807) is 0 Å². The van der Waals surface area contributed by atoms with Gasteiger partial charge in [0.25, 0.3) is 5.91 Å². The highest BCUT2D eigenvalue weighted by molar-refractivity contribution is 7.15. The zero-order valence-corrected chi connectivity index (χ0v) is 9.79. The molecule has 3 N–H and O–H groups in total. The molecular weight excluding hydrogens is 228 g/mol. The van der Waals surface area contributed by atoms with Crippen molar-refractivity contribution >= 4 is 22.4 Å². The van der Waals surface area contributed by atoms with Crippen molar-refractivity contribution in [3.8, 4) is 0 Å². The number of carbonyl (C=O) groups is 1. The third-order valence-corrected chi connectivity index (χ3v) is 3.17. The predicted molar refractivity (Wildman–Crippen MR) is 60.2 cm³/mol. The number of ether oxygens (including phenoxy) is 1. The average molecular weight is 242 g/mol. The molecule has 1 aromatic heterocycles. The van der Waals surface area contributed by atoms with Crippen LogP contribution in [0.1, 0.15) is 17.8 Å². The van der Waals surface area contributed by atoms with Crippen molar-refractivity contribution in [2.75, 3.05) is 11.9 Å². The Bertz CT molecular complexity index is 381. The summed E-state index contributed by atoms with van der Waals surface area (Å²) in [5, 5.41) is 11.7. The number of aromatic nitrogens is 2. The van der Waals surface area contributed by atoms with Crippen molar-refractivity contribution in [1.82, 2.24) is 10.2 Å². The molecule has 88 valence electrons. The van der Waals surface area contributed by atoms with E-state index in [4.69, 9.17) is 10.5 Å². The van der Waals surface area contributed by atoms with Gasteiger partial charge in [-0.1, -0.05) is 11.3 Å². The zero-order valence-electron chi connectivity index (χ0n) is 8.97. The Balaban J connectivity index is 1.89. The number of aryl methyl sites for hydroxylation is 1. The Labute approximate surface area is 97.2 Å². The number of nitrogens with two attached hydrogens (primary N) is 1. The van der Waals surface area contributed by atoms with Gasteiger partial charge in [0.1, 0.15) is 11.1 Å². The van der Waals surface area contributed by atoms with Gasteiger partial charge in [0.2, 0.25) is 5.13 Å². The van der Waals surface area contributed by atoms with Crippen molar-refractivity contribution in [3.63, 3.8) is 0 Å². The summed E-state index contributed by atoms with van der Waals surface area (Å²) in [5.41, 5.74) is 5.48. The van der Waals surface area contributed by atoms with Crippen LogP contribution in [0, 0.1) is 6.92 Å². The summed E-state index contributed by atoms with van der Waals surface area (Å²) in [4.78, 5) is 11.7. The molecule has 1 fully saturated rings. The highest BCUT2D eigenvalue weighted by Gasteiger charge is 2.30. The SMILES string of the molecule is Cc1nnc(NC(=O)[C@@H]2CC[C@H](CN)O2)s1. The zero-order chi connectivity index (χ0) is 11.5. The first-order chi connectivity index (χ1) is 7.69. The van der Waals surface area contributed by atoms with E-state index in [0.29, 0.717) is 18.1 Å². The van der Waals surface area contributed by atoms with Crippen molar-refractivity contribution in [2.45, 2.75) is 32.0 Å². The molecule has 0 spiro atoms. The van der Waals surface area contributed by atoms with Crippen molar-refractivity contribution in [2.24, 2.45) is 5.73 Å². The van der Waals surface area contributed by atoms with Crippen molar-refractivity contribution in [3.05, 3.63) is 5.01 Å². The van der Waals surface area contributed by atoms with Crippen LogP contribution >= 0.6 is 11.3 Å². The molecular formula is C9H14N4O2S. The summed E-state index contributed by atoms with van der Waals surface area (Å²) in [5.74, 6) is -0.160. The van der Waals surface area contributed by atoms with Gasteiger partial charge >= 0.3 is 0 Å². The quantitative estimate of drug-likeness (QED) is 0.795. The van der Waals surface area contributed by atoms with Crippen LogP contribution in [-0.4, -0.2) is 34.9 Å². The van der Waals surface area contributed by atoms with E-state index in [-0.39, 0.29) is 12.0 Å². The van der Waals surface area contributed by atoms with Gasteiger partial charge in [-0.05, 0) is 19.8 Å². The molecule has 0 saturated carbocycles. The summed E-state index contributed by atoms with van der Waals surface area (Å²) >= 11 is 1.35. The Hall–Kier alpha value is -1.05. The summed E-state index contributed by atoms with van der Waals surface area (Å²) < 4.78 is 5.47. The largest absolute Gasteiger partial charge is 0.364 e. The topological polar surface area (TPSA) is 90.1 Å². The lowest BCUT2D eigenvalue weighted by atomic mass is 10.2. The molecule has 16 heavy (non-hydrogen) atoms. The van der Waals surface area contributed by atoms with E-state index < -0.39 is 6.10 Å². The van der Waals surface area contributed by atoms with Crippen LogP contribution in [-0.2, 0) is 9.53 Å². The molecule has 2 atom stereocenters. The first kappa shape index (κ1) is 11.4. The van der Waals surface area contributed by atoms with Crippen molar-refractivity contribution in [1.29, 1.82) is 0 Å². The molecule has 0 radical (unpaired) electrons. The van der Waals surface area contributed by atoms with Crippen molar-refractivity contribution < 1.29 is 9.53 Å². The molecule has 2 rings (SSSR count). The smallest absolute Gasteiger partial charge is 0.255 e. The third-order valence-electron chi connectivity index (χ3n) is 2.42. The molecule has 0 aliphatic carbocycles. The van der Waals surface area contributed by atoms with Gasteiger partial charge in [-0.25, -0.2) is 0 Å². The van der Waals surface area contributed by atoms with E-state index in [0.717, 1.165) is 11.4 Å².